The molecule has 0 aliphatic carbocycles. The van der Waals surface area contributed by atoms with Crippen molar-refractivity contribution in [1.29, 1.82) is 5.26 Å². The van der Waals surface area contributed by atoms with Gasteiger partial charge >= 0.3 is 0 Å². The van der Waals surface area contributed by atoms with Crippen molar-refractivity contribution in [2.45, 2.75) is 54.0 Å². The number of hydrogen-bond donors (Lipinski definition) is 1. The highest BCUT2D eigenvalue weighted by atomic mass is 16.3. The van der Waals surface area contributed by atoms with Crippen molar-refractivity contribution < 1.29 is 9.90 Å². The second-order valence-electron chi connectivity index (χ2n) is 7.45. The lowest BCUT2D eigenvalue weighted by Crippen LogP contribution is -2.45. The molecule has 1 rings (SSSR count). The van der Waals surface area contributed by atoms with Gasteiger partial charge in [-0.1, -0.05) is 41.5 Å². The Bertz CT molecular complexity index is 444. The van der Waals surface area contributed by atoms with Crippen molar-refractivity contribution in [1.82, 2.24) is 4.90 Å². The largest absolute Gasteiger partial charge is 0.508 e. The molecule has 1 N–H and O–H groups in total. The first-order chi connectivity index (χ1) is 8.49. The maximum absolute atomic E-state index is 12.2. The van der Waals surface area contributed by atoms with Gasteiger partial charge in [-0.25, -0.2) is 0 Å². The zero-order valence-electron chi connectivity index (χ0n) is 12.7. The molecule has 0 aromatic rings. The van der Waals surface area contributed by atoms with Gasteiger partial charge in [-0.15, -0.1) is 0 Å². The second-order valence-corrected chi connectivity index (χ2v) is 7.45. The molecule has 0 radical (unpaired) electrons. The number of nitrogens with zero attached hydrogens (tertiary/aromatic N) is 2. The molecule has 1 heterocycles. The molecule has 0 unspecified atom stereocenters. The minimum Gasteiger partial charge on any atom is -0.508 e. The first-order valence-corrected chi connectivity index (χ1v) is 6.63. The molecule has 19 heavy (non-hydrogen) atoms. The van der Waals surface area contributed by atoms with Crippen LogP contribution in [0.5, 0.6) is 0 Å². The summed E-state index contributed by atoms with van der Waals surface area (Å²) in [5.41, 5.74) is -0.293. The topological polar surface area (TPSA) is 64.3 Å². The highest BCUT2D eigenvalue weighted by Crippen LogP contribution is 2.37. The monoisotopic (exact) mass is 264 g/mol. The summed E-state index contributed by atoms with van der Waals surface area (Å²) in [6.07, 6.45) is 0.831. The normalized spacial score (nSPS) is 21.0. The minimum atomic E-state index is -0.406. The van der Waals surface area contributed by atoms with Gasteiger partial charge in [0.25, 0.3) is 5.91 Å². The summed E-state index contributed by atoms with van der Waals surface area (Å²) in [7, 11) is 0. The van der Waals surface area contributed by atoms with Gasteiger partial charge in [-0.05, 0) is 17.3 Å². The Kier molecular flexibility index (Phi) is 4.00. The fraction of sp³-hybridized carbons (Fsp3) is 0.733. The molecule has 106 valence electrons. The Labute approximate surface area is 115 Å². The molecule has 4 heteroatoms. The Morgan fingerprint density at radius 2 is 1.79 bits per heavy atom. The van der Waals surface area contributed by atoms with Gasteiger partial charge in [0.15, 0.2) is 5.57 Å². The Balaban J connectivity index is 3.05. The lowest BCUT2D eigenvalue weighted by molar-refractivity contribution is -0.128. The van der Waals surface area contributed by atoms with Crippen LogP contribution in [0.3, 0.4) is 0 Å². The van der Waals surface area contributed by atoms with Crippen molar-refractivity contribution in [2.75, 3.05) is 6.54 Å². The van der Waals surface area contributed by atoms with Crippen molar-refractivity contribution in [2.24, 2.45) is 10.8 Å². The first-order valence-electron chi connectivity index (χ1n) is 6.63. The van der Waals surface area contributed by atoms with E-state index in [1.807, 2.05) is 26.8 Å². The molecule has 1 amide bonds. The Morgan fingerprint density at radius 1 is 1.26 bits per heavy atom. The highest BCUT2D eigenvalue weighted by molar-refractivity contribution is 6.00. The number of aliphatic hydroxyl groups is 1. The average molecular weight is 264 g/mol. The van der Waals surface area contributed by atoms with E-state index in [9.17, 15) is 9.90 Å². The van der Waals surface area contributed by atoms with Crippen LogP contribution in [-0.2, 0) is 4.79 Å². The fourth-order valence-electron chi connectivity index (χ4n) is 2.32. The van der Waals surface area contributed by atoms with Gasteiger partial charge in [0, 0.05) is 6.54 Å². The standard InChI is InChI=1S/C15H24N2O2/c1-14(2,3)7-8-17-12(15(4,5)6)11(18)10(9-16)13(17)19/h12,18H,7-8H2,1-6H3/t12-/m1/s1. The van der Waals surface area contributed by atoms with E-state index in [0.717, 1.165) is 6.42 Å². The van der Waals surface area contributed by atoms with Gasteiger partial charge in [-0.3, -0.25) is 4.79 Å². The van der Waals surface area contributed by atoms with Gasteiger partial charge < -0.3 is 10.0 Å². The number of nitriles is 1. The van der Waals surface area contributed by atoms with Crippen LogP contribution < -0.4 is 0 Å². The SMILES string of the molecule is CC(C)(C)CCN1C(=O)C(C#N)=C(O)[C@@H]1C(C)(C)C. The molecule has 1 atom stereocenters. The average Bonchev–Trinajstić information content (AvgIpc) is 2.45. The minimum absolute atomic E-state index is 0.0751. The van der Waals surface area contributed by atoms with Gasteiger partial charge in [0.2, 0.25) is 0 Å². The number of aliphatic hydroxyl groups excluding tert-OH is 1. The maximum Gasteiger partial charge on any atom is 0.268 e. The zero-order chi connectivity index (χ0) is 15.0. The van der Waals surface area contributed by atoms with Crippen molar-refractivity contribution in [3.05, 3.63) is 11.3 Å². The Morgan fingerprint density at radius 3 is 2.16 bits per heavy atom. The molecule has 0 aromatic heterocycles. The predicted octanol–water partition coefficient (Wildman–Crippen LogP) is 3.02. The molecular weight excluding hydrogens is 240 g/mol. The number of rotatable bonds is 2. The summed E-state index contributed by atoms with van der Waals surface area (Å²) in [6, 6.07) is 1.43. The quantitative estimate of drug-likeness (QED) is 0.833. The third-order valence-corrected chi connectivity index (χ3v) is 3.34. The van der Waals surface area contributed by atoms with Crippen LogP contribution in [-0.4, -0.2) is 28.5 Å². The van der Waals surface area contributed by atoms with Crippen LogP contribution >= 0.6 is 0 Å². The summed E-state index contributed by atoms with van der Waals surface area (Å²) in [5, 5.41) is 19.2. The van der Waals surface area contributed by atoms with E-state index >= 15 is 0 Å². The molecule has 1 aliphatic heterocycles. The van der Waals surface area contributed by atoms with E-state index in [2.05, 4.69) is 20.8 Å². The van der Waals surface area contributed by atoms with E-state index in [1.54, 1.807) is 4.90 Å². The lowest BCUT2D eigenvalue weighted by Gasteiger charge is -2.36. The molecular formula is C15H24N2O2. The van der Waals surface area contributed by atoms with Crippen LogP contribution in [0.15, 0.2) is 11.3 Å². The number of amides is 1. The molecule has 4 nitrogen and oxygen atoms in total. The molecule has 0 saturated heterocycles. The van der Waals surface area contributed by atoms with Gasteiger partial charge in [0.1, 0.15) is 11.8 Å². The van der Waals surface area contributed by atoms with Crippen LogP contribution in [0.25, 0.3) is 0 Å². The zero-order valence-corrected chi connectivity index (χ0v) is 12.7. The smallest absolute Gasteiger partial charge is 0.268 e. The Hall–Kier alpha value is -1.50. The van der Waals surface area contributed by atoms with Crippen molar-refractivity contribution >= 4 is 5.91 Å². The molecule has 0 spiro atoms. The van der Waals surface area contributed by atoms with E-state index in [1.165, 1.54) is 0 Å². The summed E-state index contributed by atoms with van der Waals surface area (Å²) in [6.45, 7) is 12.8. The van der Waals surface area contributed by atoms with E-state index < -0.39 is 6.04 Å². The summed E-state index contributed by atoms with van der Waals surface area (Å²) < 4.78 is 0. The van der Waals surface area contributed by atoms with Crippen molar-refractivity contribution in [3.63, 3.8) is 0 Å². The summed E-state index contributed by atoms with van der Waals surface area (Å²) >= 11 is 0. The number of carbonyl (C=O) groups is 1. The summed E-state index contributed by atoms with van der Waals surface area (Å²) in [4.78, 5) is 13.8. The summed E-state index contributed by atoms with van der Waals surface area (Å²) in [5.74, 6) is -0.418. The third-order valence-electron chi connectivity index (χ3n) is 3.34. The molecule has 0 fully saturated rings. The molecule has 0 bridgehead atoms. The molecule has 0 saturated carbocycles. The van der Waals surface area contributed by atoms with Crippen LogP contribution in [0, 0.1) is 22.2 Å². The maximum atomic E-state index is 12.2. The van der Waals surface area contributed by atoms with Gasteiger partial charge in [-0.2, -0.15) is 5.26 Å². The van der Waals surface area contributed by atoms with E-state index in [0.29, 0.717) is 6.54 Å². The molecule has 1 aliphatic rings. The molecule has 0 aromatic carbocycles. The highest BCUT2D eigenvalue weighted by Gasteiger charge is 2.45. The second kappa shape index (κ2) is 4.88. The fourth-order valence-corrected chi connectivity index (χ4v) is 2.32. The van der Waals surface area contributed by atoms with Gasteiger partial charge in [0.05, 0.1) is 6.04 Å². The lowest BCUT2D eigenvalue weighted by atomic mass is 9.84. The third kappa shape index (κ3) is 3.28. The van der Waals surface area contributed by atoms with E-state index in [4.69, 9.17) is 5.26 Å². The van der Waals surface area contributed by atoms with Crippen molar-refractivity contribution in [3.8, 4) is 6.07 Å². The number of hydrogen-bond acceptors (Lipinski definition) is 3. The van der Waals surface area contributed by atoms with Crippen LogP contribution in [0.4, 0.5) is 0 Å². The van der Waals surface area contributed by atoms with E-state index in [-0.39, 0.29) is 28.1 Å². The first kappa shape index (κ1) is 15.6. The number of carbonyl (C=O) groups excluding carboxylic acids is 1. The van der Waals surface area contributed by atoms with Crippen LogP contribution in [0.2, 0.25) is 0 Å². The van der Waals surface area contributed by atoms with Crippen LogP contribution in [0.1, 0.15) is 48.0 Å². The predicted molar refractivity (Wildman–Crippen MR) is 74.3 cm³/mol.